The smallest absolute Gasteiger partial charge is 0.251 e. The van der Waals surface area contributed by atoms with E-state index >= 15 is 0 Å². The summed E-state index contributed by atoms with van der Waals surface area (Å²) >= 11 is 0. The summed E-state index contributed by atoms with van der Waals surface area (Å²) in [5.74, 6) is -0.0754. The van der Waals surface area contributed by atoms with Crippen LogP contribution in [0.4, 0.5) is 0 Å². The van der Waals surface area contributed by atoms with Crippen LogP contribution in [0.5, 0.6) is 0 Å². The van der Waals surface area contributed by atoms with Gasteiger partial charge in [-0.3, -0.25) is 9.89 Å². The summed E-state index contributed by atoms with van der Waals surface area (Å²) in [6.07, 6.45) is 6.89. The zero-order valence-corrected chi connectivity index (χ0v) is 11.4. The molecule has 1 aromatic heterocycles. The second kappa shape index (κ2) is 4.48. The molecule has 2 saturated heterocycles. The molecule has 0 saturated carbocycles. The third-order valence-electron chi connectivity index (χ3n) is 4.67. The number of carbonyl (C=O) groups excluding carboxylic acids is 1. The minimum absolute atomic E-state index is 0.0754. The van der Waals surface area contributed by atoms with E-state index in [9.17, 15) is 4.79 Å². The molecule has 3 heterocycles. The summed E-state index contributed by atoms with van der Waals surface area (Å²) < 4.78 is 0. The highest BCUT2D eigenvalue weighted by molar-refractivity contribution is 5.98. The van der Waals surface area contributed by atoms with Gasteiger partial charge in [-0.2, -0.15) is 10.4 Å². The van der Waals surface area contributed by atoms with Crippen LogP contribution in [0.3, 0.4) is 0 Å². The number of hydrogen-bond donors (Lipinski definition) is 2. The van der Waals surface area contributed by atoms with Crippen LogP contribution in [-0.2, 0) is 0 Å². The molecule has 21 heavy (non-hydrogen) atoms. The Balaban J connectivity index is 1.52. The normalized spacial score (nSPS) is 27.0. The van der Waals surface area contributed by atoms with Crippen LogP contribution in [0.15, 0.2) is 24.4 Å². The van der Waals surface area contributed by atoms with Gasteiger partial charge < -0.3 is 10.2 Å². The van der Waals surface area contributed by atoms with Crippen LogP contribution in [0.2, 0.25) is 0 Å². The van der Waals surface area contributed by atoms with Gasteiger partial charge in [0.1, 0.15) is 0 Å². The molecule has 2 fully saturated rings. The summed E-state index contributed by atoms with van der Waals surface area (Å²) in [5.41, 5.74) is 1.55. The summed E-state index contributed by atoms with van der Waals surface area (Å²) in [7, 11) is 0. The fraction of sp³-hybridized carbons (Fsp3) is 0.400. The lowest BCUT2D eigenvalue weighted by Gasteiger charge is -2.21. The molecule has 4 rings (SSSR count). The lowest BCUT2D eigenvalue weighted by Crippen LogP contribution is -2.43. The van der Waals surface area contributed by atoms with Crippen LogP contribution < -0.4 is 5.32 Å². The van der Waals surface area contributed by atoms with E-state index in [0.717, 1.165) is 30.2 Å². The van der Waals surface area contributed by atoms with E-state index < -0.39 is 0 Å². The number of nitrogens with one attached hydrogen (secondary N) is 2. The Labute approximate surface area is 121 Å². The van der Waals surface area contributed by atoms with E-state index in [1.165, 1.54) is 0 Å². The molecule has 106 valence electrons. The second-order valence-corrected chi connectivity index (χ2v) is 5.79. The molecule has 3 atom stereocenters. The fourth-order valence-corrected chi connectivity index (χ4v) is 3.64. The third kappa shape index (κ3) is 1.85. The van der Waals surface area contributed by atoms with E-state index in [0.29, 0.717) is 11.6 Å². The molecule has 1 amide bonds. The maximum absolute atomic E-state index is 12.4. The van der Waals surface area contributed by atoms with E-state index in [-0.39, 0.29) is 18.0 Å². The van der Waals surface area contributed by atoms with Gasteiger partial charge in [0.25, 0.3) is 5.91 Å². The van der Waals surface area contributed by atoms with Crippen molar-refractivity contribution in [2.45, 2.75) is 37.4 Å². The molecule has 0 spiro atoms. The topological polar surface area (TPSA) is 84.8 Å². The highest BCUT2D eigenvalue weighted by Crippen LogP contribution is 2.37. The Hall–Kier alpha value is -2.55. The van der Waals surface area contributed by atoms with Gasteiger partial charge in [0.15, 0.2) is 6.19 Å². The monoisotopic (exact) mass is 281 g/mol. The standard InChI is InChI=1S/C15H15N5O/c16-8-20-11-2-4-14(20)13(6-11)18-15(21)9-1-3-12-10(5-9)7-17-19-12/h1,3,5,7,11,13-14H,2,4,6H2,(H,17,19)(H,18,21)/t11-,13+,14+/m0/s1. The summed E-state index contributed by atoms with van der Waals surface area (Å²) in [4.78, 5) is 14.2. The fourth-order valence-electron chi connectivity index (χ4n) is 3.64. The number of benzene rings is 1. The van der Waals surface area contributed by atoms with Crippen LogP contribution >= 0.6 is 0 Å². The van der Waals surface area contributed by atoms with Crippen molar-refractivity contribution < 1.29 is 4.79 Å². The highest BCUT2D eigenvalue weighted by Gasteiger charge is 2.46. The summed E-state index contributed by atoms with van der Waals surface area (Å²) in [6.45, 7) is 0. The minimum atomic E-state index is -0.0754. The summed E-state index contributed by atoms with van der Waals surface area (Å²) in [5, 5.41) is 20.0. The average molecular weight is 281 g/mol. The number of nitriles is 1. The van der Waals surface area contributed by atoms with Crippen molar-refractivity contribution in [2.75, 3.05) is 0 Å². The van der Waals surface area contributed by atoms with E-state index in [4.69, 9.17) is 5.26 Å². The second-order valence-electron chi connectivity index (χ2n) is 5.79. The number of aromatic amines is 1. The molecule has 2 bridgehead atoms. The van der Waals surface area contributed by atoms with Crippen molar-refractivity contribution in [1.82, 2.24) is 20.4 Å². The Morgan fingerprint density at radius 1 is 1.48 bits per heavy atom. The number of aromatic nitrogens is 2. The number of carbonyl (C=O) groups is 1. The molecule has 6 nitrogen and oxygen atoms in total. The van der Waals surface area contributed by atoms with Crippen molar-refractivity contribution in [2.24, 2.45) is 0 Å². The first-order valence-corrected chi connectivity index (χ1v) is 7.18. The molecule has 2 aliphatic rings. The minimum Gasteiger partial charge on any atom is -0.347 e. The van der Waals surface area contributed by atoms with Crippen molar-refractivity contribution in [3.63, 3.8) is 0 Å². The highest BCUT2D eigenvalue weighted by atomic mass is 16.1. The first-order valence-electron chi connectivity index (χ1n) is 7.18. The number of H-pyrrole nitrogens is 1. The number of nitrogens with zero attached hydrogens (tertiary/aromatic N) is 3. The van der Waals surface area contributed by atoms with Gasteiger partial charge in [0.05, 0.1) is 23.8 Å². The van der Waals surface area contributed by atoms with E-state index in [2.05, 4.69) is 21.7 Å². The summed E-state index contributed by atoms with van der Waals surface area (Å²) in [6, 6.07) is 6.05. The van der Waals surface area contributed by atoms with Gasteiger partial charge >= 0.3 is 0 Å². The van der Waals surface area contributed by atoms with Crippen molar-refractivity contribution in [3.8, 4) is 6.19 Å². The molecule has 2 aliphatic heterocycles. The Morgan fingerprint density at radius 3 is 3.19 bits per heavy atom. The van der Waals surface area contributed by atoms with Crippen LogP contribution in [-0.4, -0.2) is 39.1 Å². The van der Waals surface area contributed by atoms with Crippen molar-refractivity contribution in [3.05, 3.63) is 30.0 Å². The SMILES string of the molecule is N#CN1[C@H]2CC[C@@H]1[C@H](NC(=O)c1ccc3[nH]ncc3c1)C2. The average Bonchev–Trinajstić information content (AvgIpc) is 3.19. The number of amides is 1. The van der Waals surface area contributed by atoms with Gasteiger partial charge in [-0.25, -0.2) is 0 Å². The maximum Gasteiger partial charge on any atom is 0.251 e. The molecular weight excluding hydrogens is 266 g/mol. The van der Waals surface area contributed by atoms with E-state index in [1.54, 1.807) is 12.3 Å². The molecular formula is C15H15N5O. The zero-order chi connectivity index (χ0) is 14.4. The Kier molecular flexibility index (Phi) is 2.61. The Bertz CT molecular complexity index is 746. The van der Waals surface area contributed by atoms with Crippen LogP contribution in [0, 0.1) is 11.5 Å². The number of hydrogen-bond acceptors (Lipinski definition) is 4. The first kappa shape index (κ1) is 12.2. The lowest BCUT2D eigenvalue weighted by atomic mass is 9.95. The number of rotatable bonds is 2. The lowest BCUT2D eigenvalue weighted by molar-refractivity contribution is 0.0928. The van der Waals surface area contributed by atoms with Crippen molar-refractivity contribution in [1.29, 1.82) is 5.26 Å². The van der Waals surface area contributed by atoms with Gasteiger partial charge in [-0.15, -0.1) is 0 Å². The largest absolute Gasteiger partial charge is 0.347 e. The Morgan fingerprint density at radius 2 is 2.38 bits per heavy atom. The van der Waals surface area contributed by atoms with Crippen LogP contribution in [0.25, 0.3) is 10.9 Å². The first-order chi connectivity index (χ1) is 10.3. The van der Waals surface area contributed by atoms with Crippen molar-refractivity contribution >= 4 is 16.8 Å². The zero-order valence-electron chi connectivity index (χ0n) is 11.4. The quantitative estimate of drug-likeness (QED) is 0.814. The molecule has 2 N–H and O–H groups in total. The van der Waals surface area contributed by atoms with Gasteiger partial charge in [0.2, 0.25) is 0 Å². The molecule has 0 radical (unpaired) electrons. The predicted octanol–water partition coefficient (Wildman–Crippen LogP) is 1.38. The van der Waals surface area contributed by atoms with Gasteiger partial charge in [-0.1, -0.05) is 0 Å². The third-order valence-corrected chi connectivity index (χ3v) is 4.67. The predicted molar refractivity (Wildman–Crippen MR) is 76.2 cm³/mol. The molecule has 0 aliphatic carbocycles. The van der Waals surface area contributed by atoms with E-state index in [1.807, 2.05) is 17.0 Å². The maximum atomic E-state index is 12.4. The number of fused-ring (bicyclic) bond motifs is 3. The van der Waals surface area contributed by atoms with Gasteiger partial charge in [-0.05, 0) is 37.5 Å². The molecule has 2 aromatic rings. The molecule has 1 aromatic carbocycles. The molecule has 6 heteroatoms. The van der Waals surface area contributed by atoms with Gasteiger partial charge in [0, 0.05) is 17.0 Å². The van der Waals surface area contributed by atoms with Crippen LogP contribution in [0.1, 0.15) is 29.6 Å². The molecule has 0 unspecified atom stereocenters.